The van der Waals surface area contributed by atoms with Crippen LogP contribution in [-0.4, -0.2) is 14.5 Å². The summed E-state index contributed by atoms with van der Waals surface area (Å²) in [5.74, 6) is 0.199. The molecule has 0 radical (unpaired) electrons. The summed E-state index contributed by atoms with van der Waals surface area (Å²) in [6.07, 6.45) is 8.48. The van der Waals surface area contributed by atoms with Crippen LogP contribution in [0.3, 0.4) is 0 Å². The smallest absolute Gasteiger partial charge is 0.213 e. The Morgan fingerprint density at radius 1 is 1.32 bits per heavy atom. The summed E-state index contributed by atoms with van der Waals surface area (Å²) < 4.78 is 15.0. The quantitative estimate of drug-likeness (QED) is 0.595. The van der Waals surface area contributed by atoms with E-state index in [2.05, 4.69) is 16.5 Å². The second kappa shape index (κ2) is 5.44. The Labute approximate surface area is 127 Å². The number of aromatic nitrogens is 3. The summed E-state index contributed by atoms with van der Waals surface area (Å²) in [7, 11) is 0. The molecule has 3 aromatic heterocycles. The zero-order valence-electron chi connectivity index (χ0n) is 12.1. The van der Waals surface area contributed by atoms with Crippen LogP contribution in [0.2, 0.25) is 0 Å². The monoisotopic (exact) mass is 294 g/mol. The highest BCUT2D eigenvalue weighted by Crippen LogP contribution is 2.22. The molecule has 0 spiro atoms. The van der Waals surface area contributed by atoms with E-state index in [1.165, 1.54) is 12.3 Å². The predicted octanol–water partition coefficient (Wildman–Crippen LogP) is 3.35. The standard InChI is InChI=1S/C17H15FN4/c1-3-4-14(19)13-8-17(21-9-11(13)2)22-6-5-12-7-16(18)20-10-15(12)22/h3-10H,1,19H2,2H3/b14-4+. The van der Waals surface area contributed by atoms with Gasteiger partial charge in [-0.05, 0) is 30.7 Å². The van der Waals surface area contributed by atoms with Gasteiger partial charge in [0.25, 0.3) is 0 Å². The lowest BCUT2D eigenvalue weighted by atomic mass is 10.1. The number of allylic oxidation sites excluding steroid dienone is 2. The summed E-state index contributed by atoms with van der Waals surface area (Å²) in [5.41, 5.74) is 9.32. The van der Waals surface area contributed by atoms with Gasteiger partial charge in [-0.1, -0.05) is 12.7 Å². The highest BCUT2D eigenvalue weighted by molar-refractivity contribution is 5.81. The van der Waals surface area contributed by atoms with Crippen LogP contribution in [-0.2, 0) is 0 Å². The van der Waals surface area contributed by atoms with Crippen LogP contribution >= 0.6 is 0 Å². The first kappa shape index (κ1) is 14.0. The highest BCUT2D eigenvalue weighted by Gasteiger charge is 2.09. The van der Waals surface area contributed by atoms with E-state index in [1.54, 1.807) is 18.3 Å². The van der Waals surface area contributed by atoms with Crippen molar-refractivity contribution >= 4 is 16.6 Å². The fourth-order valence-electron chi connectivity index (χ4n) is 2.38. The van der Waals surface area contributed by atoms with Gasteiger partial charge in [0.15, 0.2) is 0 Å². The summed E-state index contributed by atoms with van der Waals surface area (Å²) in [6, 6.07) is 5.12. The van der Waals surface area contributed by atoms with E-state index in [0.29, 0.717) is 11.5 Å². The van der Waals surface area contributed by atoms with Gasteiger partial charge in [0, 0.05) is 35.1 Å². The molecule has 0 aliphatic carbocycles. The Balaban J connectivity index is 2.17. The molecule has 4 nitrogen and oxygen atoms in total. The van der Waals surface area contributed by atoms with E-state index in [1.807, 2.05) is 29.8 Å². The molecule has 0 amide bonds. The number of rotatable bonds is 3. The Hall–Kier alpha value is -2.95. The van der Waals surface area contributed by atoms with E-state index >= 15 is 0 Å². The predicted molar refractivity (Wildman–Crippen MR) is 85.9 cm³/mol. The Morgan fingerprint density at radius 3 is 2.91 bits per heavy atom. The number of hydrogen-bond acceptors (Lipinski definition) is 3. The summed E-state index contributed by atoms with van der Waals surface area (Å²) in [5, 5.41) is 0.769. The van der Waals surface area contributed by atoms with Crippen molar-refractivity contribution in [3.8, 4) is 5.82 Å². The van der Waals surface area contributed by atoms with Crippen molar-refractivity contribution in [1.29, 1.82) is 0 Å². The molecule has 110 valence electrons. The average molecular weight is 294 g/mol. The zero-order chi connectivity index (χ0) is 15.7. The zero-order valence-corrected chi connectivity index (χ0v) is 12.1. The van der Waals surface area contributed by atoms with Crippen molar-refractivity contribution in [3.63, 3.8) is 0 Å². The van der Waals surface area contributed by atoms with Gasteiger partial charge in [-0.15, -0.1) is 0 Å². The average Bonchev–Trinajstić information content (AvgIpc) is 2.91. The number of fused-ring (bicyclic) bond motifs is 1. The van der Waals surface area contributed by atoms with Gasteiger partial charge in [-0.3, -0.25) is 4.57 Å². The first-order valence-corrected chi connectivity index (χ1v) is 6.78. The van der Waals surface area contributed by atoms with Crippen molar-refractivity contribution in [2.24, 2.45) is 5.73 Å². The number of nitrogens with zero attached hydrogens (tertiary/aromatic N) is 3. The lowest BCUT2D eigenvalue weighted by Gasteiger charge is -2.10. The Morgan fingerprint density at radius 2 is 2.14 bits per heavy atom. The van der Waals surface area contributed by atoms with E-state index in [0.717, 1.165) is 22.0 Å². The molecule has 0 atom stereocenters. The molecule has 0 fully saturated rings. The minimum Gasteiger partial charge on any atom is -0.398 e. The van der Waals surface area contributed by atoms with Gasteiger partial charge < -0.3 is 5.73 Å². The molecule has 2 N–H and O–H groups in total. The van der Waals surface area contributed by atoms with Crippen LogP contribution in [0.4, 0.5) is 4.39 Å². The number of pyridine rings is 2. The van der Waals surface area contributed by atoms with E-state index < -0.39 is 5.95 Å². The van der Waals surface area contributed by atoms with Gasteiger partial charge >= 0.3 is 0 Å². The Bertz CT molecular complexity index is 893. The summed E-state index contributed by atoms with van der Waals surface area (Å²) in [4.78, 5) is 8.13. The molecular formula is C17H15FN4. The number of halogens is 1. The highest BCUT2D eigenvalue weighted by atomic mass is 19.1. The second-order valence-electron chi connectivity index (χ2n) is 4.97. The van der Waals surface area contributed by atoms with Crippen LogP contribution in [0.25, 0.3) is 22.4 Å². The molecule has 3 aromatic rings. The fourth-order valence-corrected chi connectivity index (χ4v) is 2.38. The van der Waals surface area contributed by atoms with Gasteiger partial charge in [0.05, 0.1) is 11.7 Å². The molecule has 0 aromatic carbocycles. The van der Waals surface area contributed by atoms with Crippen LogP contribution in [0.15, 0.2) is 55.5 Å². The van der Waals surface area contributed by atoms with E-state index in [4.69, 9.17) is 5.73 Å². The largest absolute Gasteiger partial charge is 0.398 e. The molecule has 0 aliphatic heterocycles. The van der Waals surface area contributed by atoms with Crippen LogP contribution in [0.1, 0.15) is 11.1 Å². The SMILES string of the molecule is C=C/C=C(/N)c1cc(-n2ccc3cc(F)ncc32)ncc1C. The first-order chi connectivity index (χ1) is 10.6. The summed E-state index contributed by atoms with van der Waals surface area (Å²) >= 11 is 0. The van der Waals surface area contributed by atoms with Crippen molar-refractivity contribution in [3.05, 3.63) is 72.6 Å². The second-order valence-corrected chi connectivity index (χ2v) is 4.97. The van der Waals surface area contributed by atoms with E-state index in [9.17, 15) is 4.39 Å². The number of hydrogen-bond donors (Lipinski definition) is 1. The van der Waals surface area contributed by atoms with E-state index in [-0.39, 0.29) is 0 Å². The van der Waals surface area contributed by atoms with Crippen molar-refractivity contribution < 1.29 is 4.39 Å². The molecular weight excluding hydrogens is 279 g/mol. The molecule has 0 bridgehead atoms. The normalized spacial score (nSPS) is 11.8. The van der Waals surface area contributed by atoms with Crippen molar-refractivity contribution in [2.45, 2.75) is 6.92 Å². The maximum absolute atomic E-state index is 13.2. The molecule has 5 heteroatoms. The van der Waals surface area contributed by atoms with Crippen molar-refractivity contribution in [2.75, 3.05) is 0 Å². The van der Waals surface area contributed by atoms with Gasteiger partial charge in [-0.2, -0.15) is 4.39 Å². The maximum Gasteiger partial charge on any atom is 0.213 e. The lowest BCUT2D eigenvalue weighted by molar-refractivity contribution is 0.586. The molecule has 22 heavy (non-hydrogen) atoms. The third-order valence-electron chi connectivity index (χ3n) is 3.49. The minimum atomic E-state index is -0.499. The molecule has 0 aliphatic rings. The minimum absolute atomic E-state index is 0.499. The van der Waals surface area contributed by atoms with Crippen LogP contribution in [0.5, 0.6) is 0 Å². The molecule has 3 heterocycles. The molecule has 0 saturated carbocycles. The lowest BCUT2D eigenvalue weighted by Crippen LogP contribution is -2.03. The van der Waals surface area contributed by atoms with Crippen LogP contribution in [0, 0.1) is 12.9 Å². The third kappa shape index (κ3) is 2.37. The third-order valence-corrected chi connectivity index (χ3v) is 3.49. The topological polar surface area (TPSA) is 56.7 Å². The Kier molecular flexibility index (Phi) is 3.47. The summed E-state index contributed by atoms with van der Waals surface area (Å²) in [6.45, 7) is 5.60. The number of nitrogens with two attached hydrogens (primary N) is 1. The maximum atomic E-state index is 13.2. The van der Waals surface area contributed by atoms with Gasteiger partial charge in [0.2, 0.25) is 5.95 Å². The molecule has 0 saturated heterocycles. The van der Waals surface area contributed by atoms with Gasteiger partial charge in [0.1, 0.15) is 5.82 Å². The molecule has 0 unspecified atom stereocenters. The van der Waals surface area contributed by atoms with Gasteiger partial charge in [-0.25, -0.2) is 9.97 Å². The fraction of sp³-hybridized carbons (Fsp3) is 0.0588. The first-order valence-electron chi connectivity index (χ1n) is 6.78. The number of aryl methyl sites for hydroxylation is 1. The van der Waals surface area contributed by atoms with Crippen LogP contribution < -0.4 is 5.73 Å². The molecule has 3 rings (SSSR count). The van der Waals surface area contributed by atoms with Crippen molar-refractivity contribution in [1.82, 2.24) is 14.5 Å².